The predicted molar refractivity (Wildman–Crippen MR) is 61.2 cm³/mol. The maximum atomic E-state index is 8.70. The molecule has 1 saturated heterocycles. The van der Waals surface area contributed by atoms with Crippen molar-refractivity contribution in [2.45, 2.75) is 19.4 Å². The second-order valence-electron chi connectivity index (χ2n) is 3.86. The van der Waals surface area contributed by atoms with E-state index in [1.54, 1.807) is 12.3 Å². The first-order valence-electron chi connectivity index (χ1n) is 5.56. The number of aromatic nitrogens is 1. The SMILES string of the molecule is CCC1CN(c2ccc(C#N)cn2)CCO1. The average Bonchev–Trinajstić information content (AvgIpc) is 2.39. The second kappa shape index (κ2) is 4.95. The highest BCUT2D eigenvalue weighted by Gasteiger charge is 2.19. The van der Waals surface area contributed by atoms with E-state index in [9.17, 15) is 0 Å². The zero-order valence-corrected chi connectivity index (χ0v) is 9.39. The number of rotatable bonds is 2. The minimum Gasteiger partial charge on any atom is -0.375 e. The van der Waals surface area contributed by atoms with Gasteiger partial charge >= 0.3 is 0 Å². The number of nitriles is 1. The molecule has 16 heavy (non-hydrogen) atoms. The molecule has 1 aliphatic rings. The molecule has 1 atom stereocenters. The van der Waals surface area contributed by atoms with Crippen molar-refractivity contribution in [2.24, 2.45) is 0 Å². The number of pyridine rings is 1. The Kier molecular flexibility index (Phi) is 3.37. The van der Waals surface area contributed by atoms with Crippen molar-refractivity contribution in [3.05, 3.63) is 23.9 Å². The van der Waals surface area contributed by atoms with Crippen molar-refractivity contribution in [2.75, 3.05) is 24.6 Å². The van der Waals surface area contributed by atoms with Crippen LogP contribution in [0.25, 0.3) is 0 Å². The van der Waals surface area contributed by atoms with Crippen LogP contribution < -0.4 is 4.90 Å². The summed E-state index contributed by atoms with van der Waals surface area (Å²) >= 11 is 0. The van der Waals surface area contributed by atoms with Gasteiger partial charge in [-0.2, -0.15) is 5.26 Å². The lowest BCUT2D eigenvalue weighted by atomic mass is 10.2. The van der Waals surface area contributed by atoms with Crippen molar-refractivity contribution >= 4 is 5.82 Å². The predicted octanol–water partition coefficient (Wildman–Crippen LogP) is 1.57. The third-order valence-corrected chi connectivity index (χ3v) is 2.80. The summed E-state index contributed by atoms with van der Waals surface area (Å²) in [6.45, 7) is 4.63. The molecule has 0 saturated carbocycles. The molecule has 1 aliphatic heterocycles. The summed E-state index contributed by atoms with van der Waals surface area (Å²) in [5, 5.41) is 8.70. The van der Waals surface area contributed by atoms with Gasteiger partial charge in [0.25, 0.3) is 0 Å². The number of anilines is 1. The van der Waals surface area contributed by atoms with E-state index in [-0.39, 0.29) is 0 Å². The highest BCUT2D eigenvalue weighted by Crippen LogP contribution is 2.16. The zero-order chi connectivity index (χ0) is 11.4. The molecule has 84 valence electrons. The Hall–Kier alpha value is -1.60. The van der Waals surface area contributed by atoms with Gasteiger partial charge in [-0.05, 0) is 18.6 Å². The summed E-state index contributed by atoms with van der Waals surface area (Å²) in [4.78, 5) is 6.50. The van der Waals surface area contributed by atoms with Crippen LogP contribution in [0.5, 0.6) is 0 Å². The lowest BCUT2D eigenvalue weighted by molar-refractivity contribution is 0.0382. The fraction of sp³-hybridized carbons (Fsp3) is 0.500. The summed E-state index contributed by atoms with van der Waals surface area (Å²) in [6, 6.07) is 5.78. The van der Waals surface area contributed by atoms with Crippen LogP contribution in [0, 0.1) is 11.3 Å². The Morgan fingerprint density at radius 3 is 3.12 bits per heavy atom. The van der Waals surface area contributed by atoms with Crippen molar-refractivity contribution in [1.82, 2.24) is 4.98 Å². The van der Waals surface area contributed by atoms with E-state index in [4.69, 9.17) is 10.00 Å². The first-order valence-corrected chi connectivity index (χ1v) is 5.56. The molecule has 0 radical (unpaired) electrons. The topological polar surface area (TPSA) is 49.2 Å². The van der Waals surface area contributed by atoms with E-state index < -0.39 is 0 Å². The summed E-state index contributed by atoms with van der Waals surface area (Å²) < 4.78 is 5.60. The van der Waals surface area contributed by atoms with E-state index in [0.717, 1.165) is 31.9 Å². The third kappa shape index (κ3) is 2.31. The molecule has 0 bridgehead atoms. The van der Waals surface area contributed by atoms with Crippen LogP contribution >= 0.6 is 0 Å². The first-order chi connectivity index (χ1) is 7.83. The molecule has 1 unspecified atom stereocenters. The fourth-order valence-electron chi connectivity index (χ4n) is 1.81. The lowest BCUT2D eigenvalue weighted by Crippen LogP contribution is -2.42. The van der Waals surface area contributed by atoms with Crippen LogP contribution in [0.4, 0.5) is 5.82 Å². The second-order valence-corrected chi connectivity index (χ2v) is 3.86. The number of ether oxygens (including phenoxy) is 1. The van der Waals surface area contributed by atoms with Crippen LogP contribution in [-0.4, -0.2) is 30.8 Å². The normalized spacial score (nSPS) is 20.5. The van der Waals surface area contributed by atoms with Crippen LogP contribution in [0.15, 0.2) is 18.3 Å². The van der Waals surface area contributed by atoms with E-state index in [0.29, 0.717) is 11.7 Å². The van der Waals surface area contributed by atoms with Gasteiger partial charge in [-0.3, -0.25) is 0 Å². The summed E-state index contributed by atoms with van der Waals surface area (Å²) in [7, 11) is 0. The van der Waals surface area contributed by atoms with Crippen molar-refractivity contribution in [1.29, 1.82) is 5.26 Å². The summed E-state index contributed by atoms with van der Waals surface area (Å²) in [5.74, 6) is 0.931. The number of hydrogen-bond acceptors (Lipinski definition) is 4. The number of nitrogens with zero attached hydrogens (tertiary/aromatic N) is 3. The maximum Gasteiger partial charge on any atom is 0.128 e. The molecule has 0 N–H and O–H groups in total. The van der Waals surface area contributed by atoms with Gasteiger partial charge in [0.1, 0.15) is 11.9 Å². The highest BCUT2D eigenvalue weighted by molar-refractivity contribution is 5.42. The molecule has 1 aromatic rings. The molecule has 1 fully saturated rings. The van der Waals surface area contributed by atoms with E-state index >= 15 is 0 Å². The minimum absolute atomic E-state index is 0.297. The Morgan fingerprint density at radius 2 is 2.50 bits per heavy atom. The smallest absolute Gasteiger partial charge is 0.128 e. The third-order valence-electron chi connectivity index (χ3n) is 2.80. The molecule has 2 rings (SSSR count). The molecule has 4 nitrogen and oxygen atoms in total. The van der Waals surface area contributed by atoms with Gasteiger partial charge in [0, 0.05) is 19.3 Å². The van der Waals surface area contributed by atoms with Crippen LogP contribution in [0.1, 0.15) is 18.9 Å². The Balaban J connectivity index is 2.08. The Morgan fingerprint density at radius 1 is 1.62 bits per heavy atom. The Labute approximate surface area is 95.5 Å². The zero-order valence-electron chi connectivity index (χ0n) is 9.39. The molecule has 0 aromatic carbocycles. The molecule has 1 aromatic heterocycles. The molecular weight excluding hydrogens is 202 g/mol. The van der Waals surface area contributed by atoms with Gasteiger partial charge in [-0.25, -0.2) is 4.98 Å². The van der Waals surface area contributed by atoms with Gasteiger partial charge in [-0.15, -0.1) is 0 Å². The molecule has 2 heterocycles. The van der Waals surface area contributed by atoms with Crippen LogP contribution in [0.2, 0.25) is 0 Å². The fourth-order valence-corrected chi connectivity index (χ4v) is 1.81. The van der Waals surface area contributed by atoms with Crippen LogP contribution in [-0.2, 0) is 4.74 Å². The number of hydrogen-bond donors (Lipinski definition) is 0. The molecule has 0 amide bonds. The van der Waals surface area contributed by atoms with Gasteiger partial charge < -0.3 is 9.64 Å². The van der Waals surface area contributed by atoms with E-state index in [2.05, 4.69) is 22.9 Å². The van der Waals surface area contributed by atoms with Crippen LogP contribution in [0.3, 0.4) is 0 Å². The summed E-state index contributed by atoms with van der Waals surface area (Å²) in [5.41, 5.74) is 0.601. The van der Waals surface area contributed by atoms with E-state index in [1.807, 2.05) is 6.07 Å². The van der Waals surface area contributed by atoms with Gasteiger partial charge in [0.15, 0.2) is 0 Å². The molecule has 0 spiro atoms. The van der Waals surface area contributed by atoms with Crippen molar-refractivity contribution in [3.63, 3.8) is 0 Å². The quantitative estimate of drug-likeness (QED) is 0.754. The van der Waals surface area contributed by atoms with Crippen molar-refractivity contribution < 1.29 is 4.74 Å². The minimum atomic E-state index is 0.297. The van der Waals surface area contributed by atoms with Gasteiger partial charge in [-0.1, -0.05) is 6.92 Å². The average molecular weight is 217 g/mol. The van der Waals surface area contributed by atoms with Gasteiger partial charge in [0.05, 0.1) is 18.3 Å². The standard InChI is InChI=1S/C12H15N3O/c1-2-11-9-15(5-6-16-11)12-4-3-10(7-13)8-14-12/h3-4,8,11H,2,5-6,9H2,1H3. The lowest BCUT2D eigenvalue weighted by Gasteiger charge is -2.33. The molecule has 0 aliphatic carbocycles. The monoisotopic (exact) mass is 217 g/mol. The summed E-state index contributed by atoms with van der Waals surface area (Å²) in [6.07, 6.45) is 2.93. The van der Waals surface area contributed by atoms with E-state index in [1.165, 1.54) is 0 Å². The van der Waals surface area contributed by atoms with Crippen molar-refractivity contribution in [3.8, 4) is 6.07 Å². The maximum absolute atomic E-state index is 8.70. The molecular formula is C12H15N3O. The first kappa shape index (κ1) is 10.9. The Bertz CT molecular complexity index is 382. The largest absolute Gasteiger partial charge is 0.375 e. The highest BCUT2D eigenvalue weighted by atomic mass is 16.5. The number of morpholine rings is 1. The van der Waals surface area contributed by atoms with Gasteiger partial charge in [0.2, 0.25) is 0 Å². The molecule has 4 heteroatoms.